The number of piperidine rings is 1. The quantitative estimate of drug-likeness (QED) is 0.845. The number of hydrogen-bond acceptors (Lipinski definition) is 4. The predicted octanol–water partition coefficient (Wildman–Crippen LogP) is 2.74. The molecule has 2 aliphatic rings. The topological polar surface area (TPSA) is 48.0 Å². The van der Waals surface area contributed by atoms with Crippen LogP contribution in [0.3, 0.4) is 0 Å². The normalized spacial score (nSPS) is 20.4. The lowest BCUT2D eigenvalue weighted by molar-refractivity contribution is -0.187. The zero-order chi connectivity index (χ0) is 15.6. The molecule has 1 aromatic rings. The van der Waals surface area contributed by atoms with Crippen molar-refractivity contribution in [2.24, 2.45) is 0 Å². The van der Waals surface area contributed by atoms with E-state index in [-0.39, 0.29) is 12.5 Å². The van der Waals surface area contributed by atoms with Gasteiger partial charge in [0.15, 0.2) is 12.4 Å². The minimum atomic E-state index is -0.478. The SMILES string of the molecule is O=C(COc1cc(Cl)ccc1Cl)N1CCC2(CC1)OCCO2. The number of hydrogen-bond donors (Lipinski definition) is 0. The van der Waals surface area contributed by atoms with Crippen LogP contribution in [0, 0.1) is 0 Å². The third kappa shape index (κ3) is 3.49. The van der Waals surface area contributed by atoms with Gasteiger partial charge in [0.1, 0.15) is 5.75 Å². The summed E-state index contributed by atoms with van der Waals surface area (Å²) in [5.74, 6) is -0.143. The second kappa shape index (κ2) is 6.62. The van der Waals surface area contributed by atoms with Crippen LogP contribution in [-0.2, 0) is 14.3 Å². The molecular weight excluding hydrogens is 329 g/mol. The van der Waals surface area contributed by atoms with Crippen LogP contribution in [0.25, 0.3) is 0 Å². The fraction of sp³-hybridized carbons (Fsp3) is 0.533. The van der Waals surface area contributed by atoms with Crippen molar-refractivity contribution in [2.75, 3.05) is 32.9 Å². The monoisotopic (exact) mass is 345 g/mol. The molecule has 1 amide bonds. The van der Waals surface area contributed by atoms with Crippen molar-refractivity contribution >= 4 is 29.1 Å². The van der Waals surface area contributed by atoms with E-state index in [4.69, 9.17) is 37.4 Å². The lowest BCUT2D eigenvalue weighted by Crippen LogP contribution is -2.48. The van der Waals surface area contributed by atoms with Crippen LogP contribution in [0.1, 0.15) is 12.8 Å². The summed E-state index contributed by atoms with van der Waals surface area (Å²) in [4.78, 5) is 14.0. The van der Waals surface area contributed by atoms with Crippen LogP contribution in [0.5, 0.6) is 5.75 Å². The highest BCUT2D eigenvalue weighted by molar-refractivity contribution is 6.34. The maximum absolute atomic E-state index is 12.2. The Morgan fingerprint density at radius 3 is 2.59 bits per heavy atom. The van der Waals surface area contributed by atoms with Gasteiger partial charge >= 0.3 is 0 Å². The first-order valence-corrected chi connectivity index (χ1v) is 7.97. The summed E-state index contributed by atoms with van der Waals surface area (Å²) in [6.45, 7) is 2.40. The average Bonchev–Trinajstić information content (AvgIpc) is 2.97. The summed E-state index contributed by atoms with van der Waals surface area (Å²) in [5.41, 5.74) is 0. The molecule has 0 aliphatic carbocycles. The van der Waals surface area contributed by atoms with Gasteiger partial charge in [0.25, 0.3) is 5.91 Å². The fourth-order valence-corrected chi connectivity index (χ4v) is 3.04. The maximum Gasteiger partial charge on any atom is 0.260 e. The minimum absolute atomic E-state index is 0.0607. The van der Waals surface area contributed by atoms with Gasteiger partial charge in [-0.15, -0.1) is 0 Å². The highest BCUT2D eigenvalue weighted by atomic mass is 35.5. The second-order valence-electron chi connectivity index (χ2n) is 5.35. The molecule has 0 unspecified atom stereocenters. The molecule has 2 saturated heterocycles. The Morgan fingerprint density at radius 1 is 1.23 bits per heavy atom. The first-order chi connectivity index (χ1) is 10.6. The standard InChI is InChI=1S/C15H17Cl2NO4/c16-11-1-2-12(17)13(9-11)20-10-14(19)18-5-3-15(4-6-18)21-7-8-22-15/h1-2,9H,3-8,10H2. The Morgan fingerprint density at radius 2 is 1.91 bits per heavy atom. The van der Waals surface area contributed by atoms with E-state index in [2.05, 4.69) is 0 Å². The smallest absolute Gasteiger partial charge is 0.260 e. The van der Waals surface area contributed by atoms with Crippen molar-refractivity contribution in [2.45, 2.75) is 18.6 Å². The zero-order valence-corrected chi connectivity index (χ0v) is 13.5. The first kappa shape index (κ1) is 15.9. The number of likely N-dealkylation sites (tertiary alicyclic amines) is 1. The molecule has 1 spiro atoms. The Kier molecular flexibility index (Phi) is 4.78. The van der Waals surface area contributed by atoms with E-state index in [0.717, 1.165) is 0 Å². The fourth-order valence-electron chi connectivity index (χ4n) is 2.70. The molecule has 7 heteroatoms. The van der Waals surface area contributed by atoms with Gasteiger partial charge in [-0.2, -0.15) is 0 Å². The Bertz CT molecular complexity index is 550. The van der Waals surface area contributed by atoms with Gasteiger partial charge in [-0.3, -0.25) is 4.79 Å². The van der Waals surface area contributed by atoms with Gasteiger partial charge in [-0.25, -0.2) is 0 Å². The predicted molar refractivity (Wildman–Crippen MR) is 82.4 cm³/mol. The zero-order valence-electron chi connectivity index (χ0n) is 12.0. The van der Waals surface area contributed by atoms with Crippen LogP contribution < -0.4 is 4.74 Å². The van der Waals surface area contributed by atoms with Gasteiger partial charge in [-0.05, 0) is 12.1 Å². The van der Waals surface area contributed by atoms with Gasteiger partial charge in [0.2, 0.25) is 0 Å². The van der Waals surface area contributed by atoms with Crippen LogP contribution in [0.2, 0.25) is 10.0 Å². The molecule has 22 heavy (non-hydrogen) atoms. The number of nitrogens with zero attached hydrogens (tertiary/aromatic N) is 1. The van der Waals surface area contributed by atoms with Crippen LogP contribution in [-0.4, -0.2) is 49.5 Å². The largest absolute Gasteiger partial charge is 0.482 e. The molecule has 120 valence electrons. The van der Waals surface area contributed by atoms with E-state index in [0.29, 0.717) is 54.9 Å². The molecule has 0 bridgehead atoms. The molecule has 5 nitrogen and oxygen atoms in total. The highest BCUT2D eigenvalue weighted by Crippen LogP contribution is 2.31. The summed E-state index contributed by atoms with van der Waals surface area (Å²) in [7, 11) is 0. The summed E-state index contributed by atoms with van der Waals surface area (Å²) < 4.78 is 16.8. The van der Waals surface area contributed by atoms with E-state index in [1.165, 1.54) is 0 Å². The molecule has 2 heterocycles. The molecule has 0 saturated carbocycles. The van der Waals surface area contributed by atoms with Crippen molar-refractivity contribution < 1.29 is 19.0 Å². The molecule has 0 aromatic heterocycles. The maximum atomic E-state index is 12.2. The number of carbonyl (C=O) groups excluding carboxylic acids is 1. The summed E-state index contributed by atoms with van der Waals surface area (Å²) in [6, 6.07) is 4.91. The van der Waals surface area contributed by atoms with Crippen molar-refractivity contribution in [1.82, 2.24) is 4.90 Å². The van der Waals surface area contributed by atoms with E-state index < -0.39 is 5.79 Å². The molecule has 1 aromatic carbocycles. The third-order valence-corrected chi connectivity index (χ3v) is 4.48. The Balaban J connectivity index is 1.51. The van der Waals surface area contributed by atoms with Crippen LogP contribution in [0.15, 0.2) is 18.2 Å². The minimum Gasteiger partial charge on any atom is -0.482 e. The lowest BCUT2D eigenvalue weighted by atomic mass is 10.0. The van der Waals surface area contributed by atoms with Crippen LogP contribution >= 0.6 is 23.2 Å². The second-order valence-corrected chi connectivity index (χ2v) is 6.20. The summed E-state index contributed by atoms with van der Waals surface area (Å²) >= 11 is 11.9. The molecule has 0 atom stereocenters. The van der Waals surface area contributed by atoms with Gasteiger partial charge in [0, 0.05) is 37.0 Å². The van der Waals surface area contributed by atoms with E-state index >= 15 is 0 Å². The number of benzene rings is 1. The lowest BCUT2D eigenvalue weighted by Gasteiger charge is -2.37. The molecule has 0 radical (unpaired) electrons. The highest BCUT2D eigenvalue weighted by Gasteiger charge is 2.40. The molecule has 2 aliphatic heterocycles. The number of halogens is 2. The van der Waals surface area contributed by atoms with Crippen molar-refractivity contribution in [3.63, 3.8) is 0 Å². The van der Waals surface area contributed by atoms with E-state index in [9.17, 15) is 4.79 Å². The average molecular weight is 346 g/mol. The summed E-state index contributed by atoms with van der Waals surface area (Å²) in [6.07, 6.45) is 1.38. The summed E-state index contributed by atoms with van der Waals surface area (Å²) in [5, 5.41) is 0.949. The Hall–Kier alpha value is -1.01. The van der Waals surface area contributed by atoms with Crippen LogP contribution in [0.4, 0.5) is 0 Å². The van der Waals surface area contributed by atoms with Gasteiger partial charge < -0.3 is 19.1 Å². The molecular formula is C15H17Cl2NO4. The van der Waals surface area contributed by atoms with Crippen molar-refractivity contribution in [3.05, 3.63) is 28.2 Å². The van der Waals surface area contributed by atoms with Crippen molar-refractivity contribution in [3.8, 4) is 5.75 Å². The number of rotatable bonds is 3. The van der Waals surface area contributed by atoms with Crippen molar-refractivity contribution in [1.29, 1.82) is 0 Å². The Labute approximate surface area is 139 Å². The number of carbonyl (C=O) groups is 1. The number of ether oxygens (including phenoxy) is 3. The van der Waals surface area contributed by atoms with E-state index in [1.807, 2.05) is 0 Å². The van der Waals surface area contributed by atoms with Gasteiger partial charge in [-0.1, -0.05) is 23.2 Å². The first-order valence-electron chi connectivity index (χ1n) is 7.22. The molecule has 0 N–H and O–H groups in total. The van der Waals surface area contributed by atoms with Gasteiger partial charge in [0.05, 0.1) is 18.2 Å². The molecule has 3 rings (SSSR count). The van der Waals surface area contributed by atoms with E-state index in [1.54, 1.807) is 23.1 Å². The number of amides is 1. The molecule has 2 fully saturated rings. The third-order valence-electron chi connectivity index (χ3n) is 3.94.